The first-order valence-electron chi connectivity index (χ1n) is 4.34. The van der Waals surface area contributed by atoms with Crippen LogP contribution in [0.2, 0.25) is 0 Å². The molecular weight excluding hydrogens is 210 g/mol. The van der Waals surface area contributed by atoms with E-state index >= 15 is 0 Å². The number of benzene rings is 1. The van der Waals surface area contributed by atoms with Crippen molar-refractivity contribution in [1.29, 1.82) is 0 Å². The fraction of sp³-hybridized carbons (Fsp3) is 0. The zero-order valence-corrected chi connectivity index (χ0v) is 8.58. The number of H-pyrrole nitrogens is 1. The molecule has 0 spiro atoms. The first-order valence-corrected chi connectivity index (χ1v) is 4.74. The number of aromatic nitrogens is 3. The van der Waals surface area contributed by atoms with Crippen LogP contribution in [-0.2, 0) is 0 Å². The SMILES string of the molecule is S=C(Nc1ccccc1)Nc1nnc[nH]1. The van der Waals surface area contributed by atoms with Gasteiger partial charge in [0.2, 0.25) is 5.95 Å². The number of para-hydroxylation sites is 1. The lowest BCUT2D eigenvalue weighted by molar-refractivity contribution is 1.10. The molecule has 5 nitrogen and oxygen atoms in total. The monoisotopic (exact) mass is 219 g/mol. The van der Waals surface area contributed by atoms with Crippen LogP contribution in [-0.4, -0.2) is 20.3 Å². The van der Waals surface area contributed by atoms with E-state index in [1.807, 2.05) is 30.3 Å². The highest BCUT2D eigenvalue weighted by molar-refractivity contribution is 7.80. The van der Waals surface area contributed by atoms with Crippen molar-refractivity contribution in [3.63, 3.8) is 0 Å². The second kappa shape index (κ2) is 4.52. The van der Waals surface area contributed by atoms with E-state index in [1.54, 1.807) is 0 Å². The van der Waals surface area contributed by atoms with Crippen LogP contribution in [0.1, 0.15) is 0 Å². The summed E-state index contributed by atoms with van der Waals surface area (Å²) in [5.41, 5.74) is 0.925. The Hall–Kier alpha value is -1.95. The van der Waals surface area contributed by atoms with Gasteiger partial charge in [0, 0.05) is 5.69 Å². The van der Waals surface area contributed by atoms with Gasteiger partial charge in [-0.2, -0.15) is 0 Å². The highest BCUT2D eigenvalue weighted by Gasteiger charge is 1.99. The van der Waals surface area contributed by atoms with Gasteiger partial charge in [-0.25, -0.2) is 0 Å². The number of nitrogens with one attached hydrogen (secondary N) is 3. The molecule has 0 aliphatic carbocycles. The summed E-state index contributed by atoms with van der Waals surface area (Å²) < 4.78 is 0. The summed E-state index contributed by atoms with van der Waals surface area (Å²) >= 11 is 5.07. The third-order valence-electron chi connectivity index (χ3n) is 1.68. The number of hydrogen-bond donors (Lipinski definition) is 3. The number of hydrogen-bond acceptors (Lipinski definition) is 3. The Balaban J connectivity index is 1.94. The van der Waals surface area contributed by atoms with Crippen LogP contribution in [0.3, 0.4) is 0 Å². The van der Waals surface area contributed by atoms with Crippen LogP contribution in [0, 0.1) is 0 Å². The second-order valence-electron chi connectivity index (χ2n) is 2.78. The Bertz CT molecular complexity index is 425. The number of nitrogens with zero attached hydrogens (tertiary/aromatic N) is 2. The predicted molar refractivity (Wildman–Crippen MR) is 62.7 cm³/mol. The van der Waals surface area contributed by atoms with E-state index in [0.717, 1.165) is 5.69 Å². The van der Waals surface area contributed by atoms with Gasteiger partial charge in [-0.15, -0.1) is 10.2 Å². The van der Waals surface area contributed by atoms with E-state index in [9.17, 15) is 0 Å². The first-order chi connectivity index (χ1) is 7.34. The lowest BCUT2D eigenvalue weighted by Crippen LogP contribution is -2.19. The molecule has 1 aromatic carbocycles. The van der Waals surface area contributed by atoms with Gasteiger partial charge in [0.1, 0.15) is 6.33 Å². The van der Waals surface area contributed by atoms with Gasteiger partial charge < -0.3 is 15.6 Å². The van der Waals surface area contributed by atoms with Gasteiger partial charge in [-0.3, -0.25) is 0 Å². The maximum absolute atomic E-state index is 5.07. The van der Waals surface area contributed by atoms with E-state index in [-0.39, 0.29) is 0 Å². The molecule has 0 bridgehead atoms. The van der Waals surface area contributed by atoms with Crippen LogP contribution in [0.15, 0.2) is 36.7 Å². The van der Waals surface area contributed by atoms with E-state index in [1.165, 1.54) is 6.33 Å². The molecule has 0 amide bonds. The maximum Gasteiger partial charge on any atom is 0.227 e. The molecule has 0 saturated heterocycles. The Morgan fingerprint density at radius 1 is 1.20 bits per heavy atom. The first kappa shape index (κ1) is 9.60. The van der Waals surface area contributed by atoms with Gasteiger partial charge in [0.05, 0.1) is 0 Å². The van der Waals surface area contributed by atoms with Crippen molar-refractivity contribution in [2.45, 2.75) is 0 Å². The number of aromatic amines is 1. The van der Waals surface area contributed by atoms with Gasteiger partial charge in [0.15, 0.2) is 5.11 Å². The highest BCUT2D eigenvalue weighted by atomic mass is 32.1. The van der Waals surface area contributed by atoms with Crippen molar-refractivity contribution in [2.24, 2.45) is 0 Å². The minimum Gasteiger partial charge on any atom is -0.332 e. The normalized spacial score (nSPS) is 9.60. The molecule has 76 valence electrons. The van der Waals surface area contributed by atoms with Crippen molar-refractivity contribution in [3.8, 4) is 0 Å². The van der Waals surface area contributed by atoms with E-state index in [0.29, 0.717) is 11.1 Å². The van der Waals surface area contributed by atoms with E-state index < -0.39 is 0 Å². The topological polar surface area (TPSA) is 65.6 Å². The summed E-state index contributed by atoms with van der Waals surface area (Å²) in [7, 11) is 0. The Morgan fingerprint density at radius 2 is 2.00 bits per heavy atom. The molecule has 0 fully saturated rings. The average Bonchev–Trinajstić information content (AvgIpc) is 2.71. The fourth-order valence-electron chi connectivity index (χ4n) is 1.06. The number of thiocarbonyl (C=S) groups is 1. The van der Waals surface area contributed by atoms with Crippen LogP contribution in [0.25, 0.3) is 0 Å². The van der Waals surface area contributed by atoms with Crippen molar-refractivity contribution in [2.75, 3.05) is 10.6 Å². The van der Waals surface area contributed by atoms with Gasteiger partial charge in [-0.05, 0) is 24.4 Å². The standard InChI is InChI=1S/C9H9N5S/c15-9(13-8-10-6-11-14-8)12-7-4-2-1-3-5-7/h1-6H,(H3,10,11,12,13,14,15). The third-order valence-corrected chi connectivity index (χ3v) is 1.88. The molecule has 6 heteroatoms. The summed E-state index contributed by atoms with van der Waals surface area (Å²) in [5.74, 6) is 0.517. The molecule has 0 aliphatic rings. The summed E-state index contributed by atoms with van der Waals surface area (Å²) in [6, 6.07) is 9.65. The molecule has 0 unspecified atom stereocenters. The maximum atomic E-state index is 5.07. The number of rotatable bonds is 2. The van der Waals surface area contributed by atoms with E-state index in [4.69, 9.17) is 12.2 Å². The van der Waals surface area contributed by atoms with Crippen LogP contribution >= 0.6 is 12.2 Å². The summed E-state index contributed by atoms with van der Waals surface area (Å²) in [6.07, 6.45) is 1.48. The Morgan fingerprint density at radius 3 is 2.67 bits per heavy atom. The molecule has 0 saturated carbocycles. The summed E-state index contributed by atoms with van der Waals surface area (Å²) in [4.78, 5) is 2.79. The van der Waals surface area contributed by atoms with Crippen LogP contribution < -0.4 is 10.6 Å². The number of anilines is 2. The largest absolute Gasteiger partial charge is 0.332 e. The molecule has 15 heavy (non-hydrogen) atoms. The van der Waals surface area contributed by atoms with Gasteiger partial charge >= 0.3 is 0 Å². The quantitative estimate of drug-likeness (QED) is 0.670. The molecule has 3 N–H and O–H groups in total. The molecule has 0 atom stereocenters. The molecule has 1 aromatic heterocycles. The van der Waals surface area contributed by atoms with Gasteiger partial charge in [-0.1, -0.05) is 18.2 Å². The lowest BCUT2D eigenvalue weighted by atomic mass is 10.3. The fourth-order valence-corrected chi connectivity index (χ4v) is 1.27. The molecule has 1 heterocycles. The molecule has 0 aliphatic heterocycles. The molecular formula is C9H9N5S. The average molecular weight is 219 g/mol. The smallest absolute Gasteiger partial charge is 0.227 e. The Labute approximate surface area is 91.9 Å². The lowest BCUT2D eigenvalue weighted by Gasteiger charge is -2.07. The van der Waals surface area contributed by atoms with Crippen molar-refractivity contribution >= 4 is 29.0 Å². The minimum absolute atomic E-state index is 0.470. The highest BCUT2D eigenvalue weighted by Crippen LogP contribution is 2.05. The Kier molecular flexibility index (Phi) is 2.89. The zero-order chi connectivity index (χ0) is 10.5. The van der Waals surface area contributed by atoms with Crippen molar-refractivity contribution in [3.05, 3.63) is 36.7 Å². The van der Waals surface area contributed by atoms with Crippen molar-refractivity contribution in [1.82, 2.24) is 15.2 Å². The second-order valence-corrected chi connectivity index (χ2v) is 3.19. The van der Waals surface area contributed by atoms with Crippen LogP contribution in [0.4, 0.5) is 11.6 Å². The van der Waals surface area contributed by atoms with Crippen LogP contribution in [0.5, 0.6) is 0 Å². The summed E-state index contributed by atoms with van der Waals surface area (Å²) in [6.45, 7) is 0. The third kappa shape index (κ3) is 2.75. The zero-order valence-electron chi connectivity index (χ0n) is 7.77. The summed E-state index contributed by atoms with van der Waals surface area (Å²) in [5, 5.41) is 13.7. The molecule has 2 aromatic rings. The minimum atomic E-state index is 0.470. The molecule has 2 rings (SSSR count). The molecule has 0 radical (unpaired) electrons. The predicted octanol–water partition coefficient (Wildman–Crippen LogP) is 1.61. The van der Waals surface area contributed by atoms with Crippen molar-refractivity contribution < 1.29 is 0 Å². The van der Waals surface area contributed by atoms with E-state index in [2.05, 4.69) is 25.8 Å². The van der Waals surface area contributed by atoms with Gasteiger partial charge in [0.25, 0.3) is 0 Å².